The molecule has 1 aliphatic heterocycles. The monoisotopic (exact) mass is 387 g/mol. The summed E-state index contributed by atoms with van der Waals surface area (Å²) < 4.78 is 31.2. The molecule has 0 fully saturated rings. The molecule has 9 heteroatoms. The highest BCUT2D eigenvalue weighted by atomic mass is 32.2. The molecule has 0 saturated heterocycles. The van der Waals surface area contributed by atoms with Crippen molar-refractivity contribution >= 4 is 27.5 Å². The van der Waals surface area contributed by atoms with E-state index < -0.39 is 16.1 Å². The minimum Gasteiger partial charge on any atom is -0.318 e. The second-order valence-corrected chi connectivity index (χ2v) is 8.20. The molecule has 2 aromatic rings. The average molecular weight is 387 g/mol. The number of amides is 1. The summed E-state index contributed by atoms with van der Waals surface area (Å²) in [7, 11) is -2.69. The molecule has 0 spiro atoms. The van der Waals surface area contributed by atoms with Crippen molar-refractivity contribution in [3.63, 3.8) is 0 Å². The number of benzene rings is 1. The zero-order valence-electron chi connectivity index (χ0n) is 15.5. The van der Waals surface area contributed by atoms with Crippen LogP contribution >= 0.6 is 0 Å². The van der Waals surface area contributed by atoms with Crippen molar-refractivity contribution in [3.8, 4) is 0 Å². The first-order chi connectivity index (χ1) is 12.7. The zero-order valence-corrected chi connectivity index (χ0v) is 16.4. The van der Waals surface area contributed by atoms with Crippen molar-refractivity contribution in [2.24, 2.45) is 4.40 Å². The fourth-order valence-corrected chi connectivity index (χ4v) is 3.42. The molecule has 1 aromatic heterocycles. The van der Waals surface area contributed by atoms with Crippen LogP contribution in [0.15, 0.2) is 52.8 Å². The van der Waals surface area contributed by atoms with Gasteiger partial charge in [-0.05, 0) is 26.8 Å². The molecule has 8 nitrogen and oxygen atoms in total. The molecule has 1 N–H and O–H groups in total. The van der Waals surface area contributed by atoms with E-state index in [0.717, 1.165) is 9.87 Å². The molecule has 2 heterocycles. The highest BCUT2D eigenvalue weighted by molar-refractivity contribution is 7.88. The predicted molar refractivity (Wildman–Crippen MR) is 104 cm³/mol. The van der Waals surface area contributed by atoms with E-state index in [9.17, 15) is 13.2 Å². The fourth-order valence-electron chi connectivity index (χ4n) is 2.51. The summed E-state index contributed by atoms with van der Waals surface area (Å²) in [6, 6.07) is 7.40. The highest BCUT2D eigenvalue weighted by Gasteiger charge is 2.30. The van der Waals surface area contributed by atoms with Crippen molar-refractivity contribution in [2.75, 3.05) is 12.4 Å². The van der Waals surface area contributed by atoms with Crippen LogP contribution in [-0.4, -0.2) is 41.2 Å². The molecule has 1 aromatic carbocycles. The third kappa shape index (κ3) is 3.92. The van der Waals surface area contributed by atoms with E-state index in [1.54, 1.807) is 23.0 Å². The van der Waals surface area contributed by atoms with Gasteiger partial charge in [0.15, 0.2) is 0 Å². The molecule has 27 heavy (non-hydrogen) atoms. The molecule has 1 aliphatic rings. The Kier molecular flexibility index (Phi) is 4.88. The number of aryl methyl sites for hydroxylation is 1. The van der Waals surface area contributed by atoms with Crippen molar-refractivity contribution in [1.29, 1.82) is 0 Å². The van der Waals surface area contributed by atoms with E-state index in [2.05, 4.69) is 14.8 Å². The average Bonchev–Trinajstić information content (AvgIpc) is 3.06. The smallest absolute Gasteiger partial charge is 0.318 e. The van der Waals surface area contributed by atoms with Crippen LogP contribution in [0.25, 0.3) is 0 Å². The second-order valence-electron chi connectivity index (χ2n) is 6.57. The van der Waals surface area contributed by atoms with Gasteiger partial charge in [0.25, 0.3) is 5.91 Å². The summed E-state index contributed by atoms with van der Waals surface area (Å²) in [4.78, 5) is 12.7. The second kappa shape index (κ2) is 6.99. The molecule has 0 saturated carbocycles. The van der Waals surface area contributed by atoms with Crippen LogP contribution < -0.4 is 5.32 Å². The molecule has 0 unspecified atom stereocenters. The molecule has 1 amide bonds. The first-order valence-corrected chi connectivity index (χ1v) is 9.80. The number of nitrogens with zero attached hydrogens (tertiary/aromatic N) is 4. The fraction of sp³-hybridized carbons (Fsp3) is 0.278. The topological polar surface area (TPSA) is 96.7 Å². The summed E-state index contributed by atoms with van der Waals surface area (Å²) in [6.45, 7) is 5.86. The summed E-state index contributed by atoms with van der Waals surface area (Å²) in [5.74, 6) is -0.552. The van der Waals surface area contributed by atoms with Crippen LogP contribution in [0.5, 0.6) is 0 Å². The van der Waals surface area contributed by atoms with Gasteiger partial charge in [-0.15, -0.1) is 4.40 Å². The van der Waals surface area contributed by atoms with Crippen LogP contribution in [0.4, 0.5) is 5.69 Å². The Balaban J connectivity index is 1.92. The maximum atomic E-state index is 12.7. The number of anilines is 1. The molecule has 0 atom stereocenters. The van der Waals surface area contributed by atoms with E-state index in [1.807, 2.05) is 32.9 Å². The summed E-state index contributed by atoms with van der Waals surface area (Å²) in [5.41, 5.74) is 2.35. The van der Waals surface area contributed by atoms with Gasteiger partial charge in [-0.2, -0.15) is 13.5 Å². The van der Waals surface area contributed by atoms with Gasteiger partial charge in [0.2, 0.25) is 0 Å². The maximum Gasteiger partial charge on any atom is 0.345 e. The van der Waals surface area contributed by atoms with Crippen LogP contribution in [-0.2, 0) is 15.0 Å². The Bertz CT molecular complexity index is 1030. The number of allylic oxidation sites excluding steroid dienone is 1. The Labute approximate surface area is 158 Å². The lowest BCUT2D eigenvalue weighted by Crippen LogP contribution is -2.35. The number of hydrogen-bond donors (Lipinski definition) is 1. The highest BCUT2D eigenvalue weighted by Crippen LogP contribution is 2.21. The van der Waals surface area contributed by atoms with Gasteiger partial charge in [-0.1, -0.05) is 29.8 Å². The van der Waals surface area contributed by atoms with Crippen molar-refractivity contribution in [1.82, 2.24) is 14.1 Å². The maximum absolute atomic E-state index is 12.7. The summed E-state index contributed by atoms with van der Waals surface area (Å²) in [6.07, 6.45) is 4.67. The van der Waals surface area contributed by atoms with Crippen LogP contribution in [0, 0.1) is 6.92 Å². The number of likely N-dealkylation sites (N-methyl/N-ethyl adjacent to an activating group) is 1. The minimum atomic E-state index is -3.99. The standard InChI is InChI=1S/C18H21N5O3S/c1-12(2)23-11-15(10-19-23)20-18(24)17-9-16(21-27(25,26)22(17)4)14-7-5-13(3)6-8-14/h5-12H,1-4H3,(H,20,24). The number of hydrogen-bond acceptors (Lipinski definition) is 4. The van der Waals surface area contributed by atoms with Gasteiger partial charge in [-0.3, -0.25) is 9.48 Å². The third-order valence-electron chi connectivity index (χ3n) is 4.14. The van der Waals surface area contributed by atoms with Gasteiger partial charge in [0, 0.05) is 24.8 Å². The van der Waals surface area contributed by atoms with E-state index in [0.29, 0.717) is 11.3 Å². The van der Waals surface area contributed by atoms with E-state index in [4.69, 9.17) is 0 Å². The number of carbonyl (C=O) groups is 1. The Hall–Kier alpha value is -2.94. The van der Waals surface area contributed by atoms with E-state index >= 15 is 0 Å². The lowest BCUT2D eigenvalue weighted by atomic mass is 10.1. The minimum absolute atomic E-state index is 0.0159. The first-order valence-electron chi connectivity index (χ1n) is 8.40. The third-order valence-corrected chi connectivity index (χ3v) is 5.46. The van der Waals surface area contributed by atoms with Gasteiger partial charge in [0.05, 0.1) is 17.6 Å². The van der Waals surface area contributed by atoms with Crippen molar-refractivity contribution < 1.29 is 13.2 Å². The van der Waals surface area contributed by atoms with Crippen molar-refractivity contribution in [3.05, 3.63) is 59.6 Å². The Morgan fingerprint density at radius 3 is 2.44 bits per heavy atom. The van der Waals surface area contributed by atoms with Crippen LogP contribution in [0.3, 0.4) is 0 Å². The Morgan fingerprint density at radius 2 is 1.85 bits per heavy atom. The molecule has 3 rings (SSSR count). The molecule has 0 radical (unpaired) electrons. The van der Waals surface area contributed by atoms with E-state index in [-0.39, 0.29) is 17.5 Å². The normalized spacial score (nSPS) is 16.1. The number of carbonyl (C=O) groups excluding carboxylic acids is 1. The molecular formula is C18H21N5O3S. The Morgan fingerprint density at radius 1 is 1.19 bits per heavy atom. The van der Waals surface area contributed by atoms with E-state index in [1.165, 1.54) is 19.3 Å². The number of nitrogens with one attached hydrogen (secondary N) is 1. The SMILES string of the molecule is Cc1ccc(C2=NS(=O)(=O)N(C)C(C(=O)Nc3cnn(C(C)C)c3)=C2)cc1. The zero-order chi connectivity index (χ0) is 19.8. The van der Waals surface area contributed by atoms with Gasteiger partial charge in [0.1, 0.15) is 5.70 Å². The summed E-state index contributed by atoms with van der Waals surface area (Å²) >= 11 is 0. The lowest BCUT2D eigenvalue weighted by Gasteiger charge is -2.23. The van der Waals surface area contributed by atoms with Crippen molar-refractivity contribution in [2.45, 2.75) is 26.8 Å². The molecular weight excluding hydrogens is 366 g/mol. The van der Waals surface area contributed by atoms with Crippen LogP contribution in [0.2, 0.25) is 0 Å². The number of rotatable bonds is 4. The summed E-state index contributed by atoms with van der Waals surface area (Å²) in [5, 5.41) is 6.84. The van der Waals surface area contributed by atoms with Gasteiger partial charge < -0.3 is 5.32 Å². The van der Waals surface area contributed by atoms with Gasteiger partial charge in [-0.25, -0.2) is 4.31 Å². The molecule has 0 bridgehead atoms. The number of aromatic nitrogens is 2. The quantitative estimate of drug-likeness (QED) is 0.870. The van der Waals surface area contributed by atoms with Gasteiger partial charge >= 0.3 is 10.2 Å². The van der Waals surface area contributed by atoms with Crippen LogP contribution in [0.1, 0.15) is 31.0 Å². The lowest BCUT2D eigenvalue weighted by molar-refractivity contribution is -0.113. The largest absolute Gasteiger partial charge is 0.345 e. The first kappa shape index (κ1) is 18.8. The predicted octanol–water partition coefficient (Wildman–Crippen LogP) is 2.27. The molecule has 0 aliphatic carbocycles. The molecule has 142 valence electrons.